The van der Waals surface area contributed by atoms with E-state index in [1.807, 2.05) is 114 Å². The first kappa shape index (κ1) is 45.9. The number of aldehydes is 1. The molecule has 0 bridgehead atoms. The molecule has 18 nitrogen and oxygen atoms in total. The molecule has 0 spiro atoms. The van der Waals surface area contributed by atoms with E-state index in [2.05, 4.69) is 46.6 Å². The van der Waals surface area contributed by atoms with Crippen LogP contribution in [0.3, 0.4) is 0 Å². The number of carbonyl (C=O) groups excluding carboxylic acids is 1. The summed E-state index contributed by atoms with van der Waals surface area (Å²) in [5.74, 6) is 0. The van der Waals surface area contributed by atoms with Crippen LogP contribution in [0.5, 0.6) is 0 Å². The molecule has 4 heterocycles. The Morgan fingerprint density at radius 2 is 1.00 bits per heavy atom. The molecule has 5 N–H and O–H groups in total. The molecule has 6 aromatic rings. The monoisotopic (exact) mass is 719 g/mol. The quantitative estimate of drug-likeness (QED) is 0.147. The van der Waals surface area contributed by atoms with Gasteiger partial charge in [-0.25, -0.2) is 14.0 Å². The maximum Gasteiger partial charge on any atom is 0.290 e. The zero-order valence-corrected chi connectivity index (χ0v) is 30.4. The Morgan fingerprint density at radius 3 is 1.29 bits per heavy atom. The topological polar surface area (TPSA) is 253 Å². The summed E-state index contributed by atoms with van der Waals surface area (Å²) in [6.07, 6.45) is 6.94. The van der Waals surface area contributed by atoms with Gasteiger partial charge in [0, 0.05) is 13.0 Å². The Kier molecular flexibility index (Phi) is 25.3. The standard InChI is InChI=1S/C9H8N4O.C9H10N4O.C9H8N4O.3C2H6.CH2O2.H3N/c1-3-8(13-6-10-11-12-13)4-2-7(1)9-5-14-9;2*14-6-5-8-1-3-9(4-2-8)13-7-10-11-12-13;3*1-2;2-1-3;/h1-4,6,9H,5H2;1-4,7,14H,5-6H2;1-4,6-7H,5H2;3*1-2H3;1H,(H,2,3);1H3. The highest BCUT2D eigenvalue weighted by atomic mass is 16.6. The minimum atomic E-state index is -0.250. The molecule has 3 aromatic heterocycles. The summed E-state index contributed by atoms with van der Waals surface area (Å²) in [5, 5.41) is 48.3. The van der Waals surface area contributed by atoms with E-state index in [-0.39, 0.29) is 19.2 Å². The fraction of sp³-hybridized carbons (Fsp3) is 0.324. The van der Waals surface area contributed by atoms with E-state index in [4.69, 9.17) is 19.7 Å². The number of nitrogens with zero attached hydrogens (tertiary/aromatic N) is 12. The number of aromatic nitrogens is 12. The van der Waals surface area contributed by atoms with E-state index in [1.165, 1.54) is 11.9 Å². The van der Waals surface area contributed by atoms with Crippen molar-refractivity contribution in [3.05, 3.63) is 108 Å². The normalized spacial score (nSPS) is 11.3. The van der Waals surface area contributed by atoms with E-state index >= 15 is 0 Å². The molecule has 0 amide bonds. The van der Waals surface area contributed by atoms with Crippen molar-refractivity contribution in [2.45, 2.75) is 60.5 Å². The molecule has 3 aromatic carbocycles. The van der Waals surface area contributed by atoms with E-state index in [0.29, 0.717) is 18.9 Å². The molecular formula is C34H49N13O5. The van der Waals surface area contributed by atoms with Gasteiger partial charge < -0.3 is 25.9 Å². The number of epoxide rings is 1. The molecule has 1 saturated heterocycles. The van der Waals surface area contributed by atoms with E-state index in [9.17, 15) is 4.79 Å². The van der Waals surface area contributed by atoms with Crippen LogP contribution in [0.2, 0.25) is 0 Å². The van der Waals surface area contributed by atoms with Crippen LogP contribution in [0.1, 0.15) is 64.3 Å². The third-order valence-electron chi connectivity index (χ3n) is 6.03. The Hall–Kier alpha value is -6.11. The van der Waals surface area contributed by atoms with Crippen LogP contribution in [-0.2, 0) is 27.2 Å². The van der Waals surface area contributed by atoms with Crippen molar-refractivity contribution in [3.63, 3.8) is 0 Å². The van der Waals surface area contributed by atoms with Crippen molar-refractivity contribution < 1.29 is 24.5 Å². The summed E-state index contributed by atoms with van der Waals surface area (Å²) in [6.45, 7) is 12.8. The lowest BCUT2D eigenvalue weighted by Crippen LogP contribution is -1.96. The van der Waals surface area contributed by atoms with Crippen LogP contribution >= 0.6 is 0 Å². The van der Waals surface area contributed by atoms with Crippen LogP contribution in [0, 0.1) is 0 Å². The lowest BCUT2D eigenvalue weighted by atomic mass is 10.1. The third-order valence-corrected chi connectivity index (χ3v) is 6.03. The number of aliphatic hydroxyl groups is 1. The van der Waals surface area contributed by atoms with Crippen LogP contribution in [-0.4, -0.2) is 96.8 Å². The predicted octanol–water partition coefficient (Wildman–Crippen LogP) is 4.28. The maximum atomic E-state index is 10.3. The summed E-state index contributed by atoms with van der Waals surface area (Å²) in [6, 6.07) is 23.3. The molecule has 7 rings (SSSR count). The number of carboxylic acid groups (broad SMARTS) is 1. The van der Waals surface area contributed by atoms with Crippen LogP contribution in [0.4, 0.5) is 0 Å². The fourth-order valence-corrected chi connectivity index (χ4v) is 3.75. The zero-order chi connectivity index (χ0) is 37.7. The van der Waals surface area contributed by atoms with Crippen LogP contribution in [0.25, 0.3) is 17.1 Å². The number of rotatable bonds is 8. The maximum absolute atomic E-state index is 10.3. The number of hydrogen-bond acceptors (Lipinski definition) is 14. The smallest absolute Gasteiger partial charge is 0.290 e. The summed E-state index contributed by atoms with van der Waals surface area (Å²) in [5.41, 5.74) is 6.05. The van der Waals surface area contributed by atoms with Gasteiger partial charge in [-0.3, -0.25) is 4.79 Å². The van der Waals surface area contributed by atoms with E-state index in [1.54, 1.807) is 26.7 Å². The Labute approximate surface area is 303 Å². The highest BCUT2D eigenvalue weighted by Crippen LogP contribution is 2.29. The number of aliphatic hydroxyl groups excluding tert-OH is 1. The number of carbonyl (C=O) groups is 2. The number of hydrogen-bond donors (Lipinski definition) is 3. The van der Waals surface area contributed by atoms with Crippen molar-refractivity contribution >= 4 is 12.8 Å². The molecule has 1 fully saturated rings. The molecular weight excluding hydrogens is 670 g/mol. The minimum Gasteiger partial charge on any atom is -0.483 e. The molecule has 1 aliphatic rings. The molecule has 52 heavy (non-hydrogen) atoms. The number of ether oxygens (including phenoxy) is 1. The molecule has 1 aliphatic heterocycles. The average Bonchev–Trinajstić information content (AvgIpc) is 3.60. The van der Waals surface area contributed by atoms with Crippen molar-refractivity contribution in [3.8, 4) is 17.1 Å². The van der Waals surface area contributed by atoms with Crippen molar-refractivity contribution in [2.24, 2.45) is 0 Å². The van der Waals surface area contributed by atoms with Gasteiger partial charge in [0.1, 0.15) is 31.4 Å². The summed E-state index contributed by atoms with van der Waals surface area (Å²) in [4.78, 5) is 18.6. The number of benzene rings is 3. The second kappa shape index (κ2) is 28.7. The van der Waals surface area contributed by atoms with Gasteiger partial charge in [0.05, 0.1) is 23.7 Å². The molecule has 0 aliphatic carbocycles. The highest BCUT2D eigenvalue weighted by molar-refractivity contribution is 5.55. The van der Waals surface area contributed by atoms with Gasteiger partial charge in [-0.15, -0.1) is 15.3 Å². The van der Waals surface area contributed by atoms with Gasteiger partial charge in [0.25, 0.3) is 6.47 Å². The molecule has 0 radical (unpaired) electrons. The van der Waals surface area contributed by atoms with Crippen LogP contribution in [0.15, 0.2) is 91.8 Å². The van der Waals surface area contributed by atoms with E-state index < -0.39 is 0 Å². The molecule has 18 heteroatoms. The number of tetrazole rings is 3. The average molecular weight is 720 g/mol. The zero-order valence-electron chi connectivity index (χ0n) is 30.4. The predicted molar refractivity (Wildman–Crippen MR) is 194 cm³/mol. The van der Waals surface area contributed by atoms with Crippen molar-refractivity contribution in [1.82, 2.24) is 66.8 Å². The first-order valence-electron chi connectivity index (χ1n) is 16.4. The first-order chi connectivity index (χ1) is 25.1. The van der Waals surface area contributed by atoms with Gasteiger partial charge >= 0.3 is 0 Å². The summed E-state index contributed by atoms with van der Waals surface area (Å²) in [7, 11) is 0. The SMILES string of the molecule is CC.CC.CC.N.O=CCc1ccc(-n2cnnn2)cc1.O=CO.OCCc1ccc(-n2cnnn2)cc1.c1cc(-n2cnnn2)ccc1C1CO1. The fourth-order valence-electron chi connectivity index (χ4n) is 3.75. The van der Waals surface area contributed by atoms with Gasteiger partial charge in [-0.05, 0) is 90.8 Å². The van der Waals surface area contributed by atoms with Crippen molar-refractivity contribution in [1.29, 1.82) is 0 Å². The Balaban J connectivity index is 0.000000669. The van der Waals surface area contributed by atoms with Gasteiger partial charge in [-0.2, -0.15) is 0 Å². The molecule has 1 atom stereocenters. The van der Waals surface area contributed by atoms with Crippen LogP contribution < -0.4 is 6.15 Å². The first-order valence-corrected chi connectivity index (χ1v) is 16.4. The molecule has 280 valence electrons. The highest BCUT2D eigenvalue weighted by Gasteiger charge is 2.24. The molecule has 1 unspecified atom stereocenters. The summed E-state index contributed by atoms with van der Waals surface area (Å²) >= 11 is 0. The Morgan fingerprint density at radius 1 is 0.654 bits per heavy atom. The third kappa shape index (κ3) is 16.5. The largest absolute Gasteiger partial charge is 0.483 e. The van der Waals surface area contributed by atoms with Gasteiger partial charge in [0.2, 0.25) is 0 Å². The lowest BCUT2D eigenvalue weighted by Gasteiger charge is -2.01. The van der Waals surface area contributed by atoms with E-state index in [0.717, 1.165) is 41.1 Å². The lowest BCUT2D eigenvalue weighted by molar-refractivity contribution is -0.122. The van der Waals surface area contributed by atoms with Crippen molar-refractivity contribution in [2.75, 3.05) is 13.2 Å². The second-order valence-corrected chi connectivity index (χ2v) is 8.96. The Bertz CT molecular complexity index is 1660. The molecule has 0 saturated carbocycles. The second-order valence-electron chi connectivity index (χ2n) is 8.96. The minimum absolute atomic E-state index is 0. The summed E-state index contributed by atoms with van der Waals surface area (Å²) < 4.78 is 9.95. The van der Waals surface area contributed by atoms with Gasteiger partial charge in [-0.1, -0.05) is 77.9 Å². The van der Waals surface area contributed by atoms with Gasteiger partial charge in [0.15, 0.2) is 0 Å².